The molecule has 0 bridgehead atoms. The largest absolute Gasteiger partial charge is 0.413 e. The average Bonchev–Trinajstić information content (AvgIpc) is 2.41. The molecule has 0 amide bonds. The molecule has 26 heavy (non-hydrogen) atoms. The molecule has 0 aromatic carbocycles. The average molecular weight is 407 g/mol. The van der Waals surface area contributed by atoms with Gasteiger partial charge in [-0.25, -0.2) is 0 Å². The zero-order valence-corrected chi connectivity index (χ0v) is 19.6. The molecule has 2 aliphatic carbocycles. The van der Waals surface area contributed by atoms with E-state index in [1.807, 2.05) is 6.92 Å². The van der Waals surface area contributed by atoms with Gasteiger partial charge in [0.1, 0.15) is 0 Å². The number of rotatable bonds is 4. The maximum absolute atomic E-state index is 11.6. The number of fused-ring (bicyclic) bond motifs is 1. The van der Waals surface area contributed by atoms with Gasteiger partial charge >= 0.3 is 0 Å². The van der Waals surface area contributed by atoms with Crippen molar-refractivity contribution in [2.24, 2.45) is 11.3 Å². The summed E-state index contributed by atoms with van der Waals surface area (Å²) in [5.41, 5.74) is -0.976. The highest BCUT2D eigenvalue weighted by molar-refractivity contribution is 7.86. The summed E-state index contributed by atoms with van der Waals surface area (Å²) in [6.07, 6.45) is 4.45. The van der Waals surface area contributed by atoms with E-state index >= 15 is 0 Å². The van der Waals surface area contributed by atoms with Gasteiger partial charge in [0.2, 0.25) is 0 Å². The second-order valence-corrected chi connectivity index (χ2v) is 16.9. The SMILES string of the molecule is CC(C)(C)[Si](C)(C)O[C@H]1CC[C@@](C)(O)[C@@H]2C[C@H](OS(C)(=O)=O)CC[C@]12C. The Morgan fingerprint density at radius 1 is 1.12 bits per heavy atom. The Bertz CT molecular complexity index is 622. The van der Waals surface area contributed by atoms with Crippen LogP contribution in [0.4, 0.5) is 0 Å². The van der Waals surface area contributed by atoms with E-state index in [1.54, 1.807) is 0 Å². The first kappa shape index (κ1) is 22.3. The van der Waals surface area contributed by atoms with Gasteiger partial charge in [0.25, 0.3) is 10.1 Å². The highest BCUT2D eigenvalue weighted by atomic mass is 32.2. The molecule has 1 N–H and O–H groups in total. The number of hydrogen-bond acceptors (Lipinski definition) is 5. The van der Waals surface area contributed by atoms with Gasteiger partial charge in [-0.05, 0) is 68.5 Å². The van der Waals surface area contributed by atoms with Crippen molar-refractivity contribution in [1.82, 2.24) is 0 Å². The lowest BCUT2D eigenvalue weighted by atomic mass is 9.53. The van der Waals surface area contributed by atoms with Crippen LogP contribution in [0.25, 0.3) is 0 Å². The van der Waals surface area contributed by atoms with Crippen molar-refractivity contribution in [2.45, 2.75) is 103 Å². The number of hydrogen-bond donors (Lipinski definition) is 1. The topological polar surface area (TPSA) is 72.8 Å². The molecule has 154 valence electrons. The lowest BCUT2D eigenvalue weighted by Gasteiger charge is -2.59. The van der Waals surface area contributed by atoms with E-state index in [1.165, 1.54) is 0 Å². The predicted molar refractivity (Wildman–Crippen MR) is 107 cm³/mol. The molecule has 0 spiro atoms. The summed E-state index contributed by atoms with van der Waals surface area (Å²) >= 11 is 0. The van der Waals surface area contributed by atoms with Gasteiger partial charge in [0.15, 0.2) is 8.32 Å². The van der Waals surface area contributed by atoms with Crippen molar-refractivity contribution >= 4 is 18.4 Å². The quantitative estimate of drug-likeness (QED) is 0.563. The van der Waals surface area contributed by atoms with E-state index in [-0.39, 0.29) is 28.6 Å². The van der Waals surface area contributed by atoms with Crippen LogP contribution in [-0.2, 0) is 18.7 Å². The van der Waals surface area contributed by atoms with E-state index in [0.29, 0.717) is 19.3 Å². The molecular formula is C19H38O5SSi. The van der Waals surface area contributed by atoms with E-state index < -0.39 is 24.0 Å². The summed E-state index contributed by atoms with van der Waals surface area (Å²) in [5, 5.41) is 11.2. The van der Waals surface area contributed by atoms with Crippen LogP contribution in [0.15, 0.2) is 0 Å². The Morgan fingerprint density at radius 3 is 2.19 bits per heavy atom. The minimum atomic E-state index is -3.49. The normalized spacial score (nSPS) is 39.5. The lowest BCUT2D eigenvalue weighted by Crippen LogP contribution is -2.61. The van der Waals surface area contributed by atoms with E-state index in [9.17, 15) is 13.5 Å². The molecule has 0 saturated heterocycles. The second-order valence-electron chi connectivity index (χ2n) is 10.5. The Kier molecular flexibility index (Phi) is 5.87. The van der Waals surface area contributed by atoms with Crippen molar-refractivity contribution in [3.05, 3.63) is 0 Å². The molecule has 2 fully saturated rings. The van der Waals surface area contributed by atoms with Gasteiger partial charge in [-0.3, -0.25) is 4.18 Å². The van der Waals surface area contributed by atoms with Crippen molar-refractivity contribution in [2.75, 3.05) is 6.26 Å². The van der Waals surface area contributed by atoms with E-state index in [2.05, 4.69) is 40.8 Å². The summed E-state index contributed by atoms with van der Waals surface area (Å²) in [6.45, 7) is 15.4. The Morgan fingerprint density at radius 2 is 1.69 bits per heavy atom. The Labute approximate surface area is 161 Å². The molecule has 0 heterocycles. The van der Waals surface area contributed by atoms with Crippen LogP contribution in [-0.4, -0.2) is 45.9 Å². The monoisotopic (exact) mass is 406 g/mol. The fraction of sp³-hybridized carbons (Fsp3) is 1.00. The van der Waals surface area contributed by atoms with Crippen LogP contribution in [0.1, 0.15) is 66.7 Å². The fourth-order valence-electron chi connectivity index (χ4n) is 4.63. The molecule has 7 heteroatoms. The first-order valence-corrected chi connectivity index (χ1v) is 14.5. The minimum Gasteiger partial charge on any atom is -0.413 e. The highest BCUT2D eigenvalue weighted by Gasteiger charge is 2.57. The van der Waals surface area contributed by atoms with Crippen LogP contribution in [0.5, 0.6) is 0 Å². The number of aliphatic hydroxyl groups is 1. The highest BCUT2D eigenvalue weighted by Crippen LogP contribution is 2.56. The minimum absolute atomic E-state index is 0.0287. The van der Waals surface area contributed by atoms with Crippen molar-refractivity contribution in [3.8, 4) is 0 Å². The summed E-state index contributed by atoms with van der Waals surface area (Å²) in [4.78, 5) is 0. The van der Waals surface area contributed by atoms with Gasteiger partial charge in [0, 0.05) is 0 Å². The van der Waals surface area contributed by atoms with E-state index in [4.69, 9.17) is 8.61 Å². The van der Waals surface area contributed by atoms with E-state index in [0.717, 1.165) is 19.1 Å². The summed E-state index contributed by atoms with van der Waals surface area (Å²) < 4.78 is 35.2. The fourth-order valence-corrected chi connectivity index (χ4v) is 6.75. The molecule has 0 radical (unpaired) electrons. The van der Waals surface area contributed by atoms with Crippen molar-refractivity contribution in [3.63, 3.8) is 0 Å². The van der Waals surface area contributed by atoms with Gasteiger partial charge in [-0.15, -0.1) is 0 Å². The molecule has 0 aromatic rings. The van der Waals surface area contributed by atoms with Gasteiger partial charge in [-0.1, -0.05) is 27.7 Å². The molecule has 5 atom stereocenters. The van der Waals surface area contributed by atoms with Crippen molar-refractivity contribution < 1.29 is 22.1 Å². The third-order valence-corrected chi connectivity index (χ3v) is 12.4. The molecule has 0 aromatic heterocycles. The Balaban J connectivity index is 2.27. The van der Waals surface area contributed by atoms with Crippen LogP contribution in [0.3, 0.4) is 0 Å². The molecule has 0 aliphatic heterocycles. The van der Waals surface area contributed by atoms with Crippen LogP contribution < -0.4 is 0 Å². The molecule has 2 aliphatic rings. The molecule has 2 rings (SSSR count). The lowest BCUT2D eigenvalue weighted by molar-refractivity contribution is -0.174. The maximum atomic E-state index is 11.6. The third-order valence-electron chi connectivity index (χ3n) is 7.25. The summed E-state index contributed by atoms with van der Waals surface area (Å²) in [6, 6.07) is 0. The summed E-state index contributed by atoms with van der Waals surface area (Å²) in [7, 11) is -5.41. The third kappa shape index (κ3) is 4.54. The maximum Gasteiger partial charge on any atom is 0.264 e. The molecular weight excluding hydrogens is 368 g/mol. The van der Waals surface area contributed by atoms with Crippen LogP contribution >= 0.6 is 0 Å². The Hall–Kier alpha value is 0.0469. The van der Waals surface area contributed by atoms with Gasteiger partial charge < -0.3 is 9.53 Å². The van der Waals surface area contributed by atoms with Gasteiger partial charge in [-0.2, -0.15) is 8.42 Å². The predicted octanol–water partition coefficient (Wildman–Crippen LogP) is 4.07. The standard InChI is InChI=1S/C19H38O5SSi/c1-17(2,3)26(7,8)24-16-10-12-19(5,20)15-13-14(23-25(6,21)22)9-11-18(15,16)4/h14-16,20H,9-13H2,1-8H3/t14-,15-,16+,18+,19-/m1/s1. The molecule has 5 nitrogen and oxygen atoms in total. The second kappa shape index (κ2) is 6.83. The van der Waals surface area contributed by atoms with Gasteiger partial charge in [0.05, 0.1) is 24.1 Å². The molecule has 2 saturated carbocycles. The first-order valence-electron chi connectivity index (χ1n) is 9.76. The molecule has 0 unspecified atom stereocenters. The summed E-state index contributed by atoms with van der Waals surface area (Å²) in [5.74, 6) is -0.0287. The smallest absolute Gasteiger partial charge is 0.264 e. The van der Waals surface area contributed by atoms with Crippen LogP contribution in [0, 0.1) is 11.3 Å². The van der Waals surface area contributed by atoms with Crippen LogP contribution in [0.2, 0.25) is 18.1 Å². The zero-order chi connectivity index (χ0) is 20.2. The zero-order valence-electron chi connectivity index (χ0n) is 17.8. The van der Waals surface area contributed by atoms with Crippen molar-refractivity contribution in [1.29, 1.82) is 0 Å². The first-order chi connectivity index (χ1) is 11.5.